The Bertz CT molecular complexity index is 816. The zero-order valence-electron chi connectivity index (χ0n) is 14.2. The van der Waals surface area contributed by atoms with Crippen LogP contribution in [-0.2, 0) is 0 Å². The first-order valence-electron chi connectivity index (χ1n) is 8.10. The number of carbonyl (C=O) groups is 2. The minimum Gasteiger partial charge on any atom is -0.335 e. The SMILES string of the molecule is Cc1cc(C(=O)N2CCN(C(=O)c3ccc(C)c(F)c3)CC2)cnn1. The van der Waals surface area contributed by atoms with Gasteiger partial charge in [0, 0.05) is 31.7 Å². The van der Waals surface area contributed by atoms with Gasteiger partial charge in [-0.15, -0.1) is 0 Å². The summed E-state index contributed by atoms with van der Waals surface area (Å²) in [4.78, 5) is 28.3. The van der Waals surface area contributed by atoms with Crippen molar-refractivity contribution >= 4 is 11.8 Å². The average Bonchev–Trinajstić information content (AvgIpc) is 2.63. The van der Waals surface area contributed by atoms with Gasteiger partial charge in [-0.3, -0.25) is 9.59 Å². The fourth-order valence-corrected chi connectivity index (χ4v) is 2.79. The molecule has 1 aromatic carbocycles. The van der Waals surface area contributed by atoms with E-state index in [1.54, 1.807) is 41.8 Å². The quantitative estimate of drug-likeness (QED) is 0.835. The Morgan fingerprint density at radius 2 is 1.56 bits per heavy atom. The van der Waals surface area contributed by atoms with E-state index in [2.05, 4.69) is 10.2 Å². The van der Waals surface area contributed by atoms with Crippen LogP contribution in [0.4, 0.5) is 4.39 Å². The Morgan fingerprint density at radius 1 is 0.960 bits per heavy atom. The second kappa shape index (κ2) is 6.96. The molecule has 1 fully saturated rings. The Balaban J connectivity index is 1.64. The van der Waals surface area contributed by atoms with Gasteiger partial charge in [0.15, 0.2) is 0 Å². The maximum atomic E-state index is 13.7. The van der Waals surface area contributed by atoms with Gasteiger partial charge in [-0.25, -0.2) is 4.39 Å². The third-order valence-electron chi connectivity index (χ3n) is 4.30. The van der Waals surface area contributed by atoms with E-state index < -0.39 is 0 Å². The molecule has 0 aliphatic carbocycles. The molecule has 25 heavy (non-hydrogen) atoms. The molecule has 6 nitrogen and oxygen atoms in total. The highest BCUT2D eigenvalue weighted by Gasteiger charge is 2.26. The molecule has 2 heterocycles. The largest absolute Gasteiger partial charge is 0.335 e. The number of hydrogen-bond donors (Lipinski definition) is 0. The smallest absolute Gasteiger partial charge is 0.255 e. The van der Waals surface area contributed by atoms with E-state index in [9.17, 15) is 14.0 Å². The molecule has 2 amide bonds. The molecule has 3 rings (SSSR count). The molecule has 0 unspecified atom stereocenters. The summed E-state index contributed by atoms with van der Waals surface area (Å²) in [5, 5.41) is 7.65. The lowest BCUT2D eigenvalue weighted by Crippen LogP contribution is -2.50. The van der Waals surface area contributed by atoms with Crippen LogP contribution in [-0.4, -0.2) is 58.0 Å². The maximum absolute atomic E-state index is 13.7. The number of amides is 2. The second-order valence-corrected chi connectivity index (χ2v) is 6.13. The summed E-state index contributed by atoms with van der Waals surface area (Å²) >= 11 is 0. The first-order chi connectivity index (χ1) is 12.0. The van der Waals surface area contributed by atoms with Gasteiger partial charge in [0.1, 0.15) is 5.82 Å². The van der Waals surface area contributed by atoms with Crippen molar-refractivity contribution in [2.24, 2.45) is 0 Å². The number of benzene rings is 1. The van der Waals surface area contributed by atoms with E-state index in [1.165, 1.54) is 12.3 Å². The molecule has 1 aliphatic rings. The van der Waals surface area contributed by atoms with Gasteiger partial charge < -0.3 is 9.80 Å². The summed E-state index contributed by atoms with van der Waals surface area (Å²) in [6, 6.07) is 6.19. The lowest BCUT2D eigenvalue weighted by atomic mass is 10.1. The minimum absolute atomic E-state index is 0.119. The van der Waals surface area contributed by atoms with Crippen molar-refractivity contribution in [1.82, 2.24) is 20.0 Å². The molecule has 1 aliphatic heterocycles. The van der Waals surface area contributed by atoms with Crippen molar-refractivity contribution in [2.75, 3.05) is 26.2 Å². The van der Waals surface area contributed by atoms with Crippen molar-refractivity contribution in [3.05, 3.63) is 58.7 Å². The van der Waals surface area contributed by atoms with Crippen molar-refractivity contribution in [1.29, 1.82) is 0 Å². The lowest BCUT2D eigenvalue weighted by molar-refractivity contribution is 0.0535. The van der Waals surface area contributed by atoms with Gasteiger partial charge in [0.2, 0.25) is 0 Å². The molecule has 0 saturated carbocycles. The van der Waals surface area contributed by atoms with Crippen molar-refractivity contribution in [2.45, 2.75) is 13.8 Å². The highest BCUT2D eigenvalue weighted by molar-refractivity contribution is 5.96. The fraction of sp³-hybridized carbons (Fsp3) is 0.333. The fourth-order valence-electron chi connectivity index (χ4n) is 2.79. The van der Waals surface area contributed by atoms with E-state index in [0.717, 1.165) is 0 Å². The molecule has 0 radical (unpaired) electrons. The third kappa shape index (κ3) is 3.65. The summed E-state index contributed by atoms with van der Waals surface area (Å²) in [5.74, 6) is -0.723. The van der Waals surface area contributed by atoms with Crippen molar-refractivity contribution < 1.29 is 14.0 Å². The van der Waals surface area contributed by atoms with Gasteiger partial charge in [-0.2, -0.15) is 10.2 Å². The summed E-state index contributed by atoms with van der Waals surface area (Å²) in [5.41, 5.74) is 2.01. The van der Waals surface area contributed by atoms with E-state index >= 15 is 0 Å². The molecule has 0 atom stereocenters. The first kappa shape index (κ1) is 17.0. The number of nitrogens with zero attached hydrogens (tertiary/aromatic N) is 4. The summed E-state index contributed by atoms with van der Waals surface area (Å²) in [7, 11) is 0. The zero-order chi connectivity index (χ0) is 18.0. The van der Waals surface area contributed by atoms with Crippen molar-refractivity contribution in [3.63, 3.8) is 0 Å². The van der Waals surface area contributed by atoms with Crippen LogP contribution >= 0.6 is 0 Å². The Morgan fingerprint density at radius 3 is 2.12 bits per heavy atom. The molecule has 130 valence electrons. The topological polar surface area (TPSA) is 66.4 Å². The van der Waals surface area contributed by atoms with Gasteiger partial charge in [-0.1, -0.05) is 6.07 Å². The normalized spacial score (nSPS) is 14.5. The van der Waals surface area contributed by atoms with Crippen LogP contribution in [0.5, 0.6) is 0 Å². The average molecular weight is 342 g/mol. The Labute approximate surface area is 145 Å². The number of hydrogen-bond acceptors (Lipinski definition) is 4. The second-order valence-electron chi connectivity index (χ2n) is 6.13. The molecular weight excluding hydrogens is 323 g/mol. The van der Waals surface area contributed by atoms with E-state index in [-0.39, 0.29) is 17.6 Å². The summed E-state index contributed by atoms with van der Waals surface area (Å²) < 4.78 is 13.7. The highest BCUT2D eigenvalue weighted by atomic mass is 19.1. The van der Waals surface area contributed by atoms with E-state index in [0.29, 0.717) is 48.6 Å². The molecule has 1 saturated heterocycles. The monoisotopic (exact) mass is 342 g/mol. The number of aryl methyl sites for hydroxylation is 2. The summed E-state index contributed by atoms with van der Waals surface area (Å²) in [6.45, 7) is 5.13. The van der Waals surface area contributed by atoms with Crippen LogP contribution in [0.25, 0.3) is 0 Å². The van der Waals surface area contributed by atoms with Crippen LogP contribution in [0, 0.1) is 19.7 Å². The predicted molar refractivity (Wildman–Crippen MR) is 89.7 cm³/mol. The van der Waals surface area contributed by atoms with Crippen LogP contribution in [0.15, 0.2) is 30.5 Å². The third-order valence-corrected chi connectivity index (χ3v) is 4.30. The predicted octanol–water partition coefficient (Wildman–Crippen LogP) is 1.83. The number of rotatable bonds is 2. The molecule has 0 N–H and O–H groups in total. The van der Waals surface area contributed by atoms with E-state index in [1.807, 2.05) is 0 Å². The van der Waals surface area contributed by atoms with Crippen LogP contribution in [0.3, 0.4) is 0 Å². The van der Waals surface area contributed by atoms with Gasteiger partial charge >= 0.3 is 0 Å². The zero-order valence-corrected chi connectivity index (χ0v) is 14.2. The van der Waals surface area contributed by atoms with Gasteiger partial charge in [0.05, 0.1) is 17.5 Å². The lowest BCUT2D eigenvalue weighted by Gasteiger charge is -2.34. The van der Waals surface area contributed by atoms with Gasteiger partial charge in [0.25, 0.3) is 11.8 Å². The molecule has 2 aromatic rings. The number of carbonyl (C=O) groups excluding carboxylic acids is 2. The van der Waals surface area contributed by atoms with Crippen LogP contribution in [0.1, 0.15) is 32.0 Å². The Hall–Kier alpha value is -2.83. The molecule has 1 aromatic heterocycles. The first-order valence-corrected chi connectivity index (χ1v) is 8.10. The Kier molecular flexibility index (Phi) is 4.74. The standard InChI is InChI=1S/C18H19FN4O2/c1-12-3-4-14(10-16(12)19)17(24)22-5-7-23(8-6-22)18(25)15-9-13(2)21-20-11-15/h3-4,9-11H,5-8H2,1-2H3. The molecule has 7 heteroatoms. The van der Waals surface area contributed by atoms with Gasteiger partial charge in [-0.05, 0) is 37.6 Å². The number of aromatic nitrogens is 2. The number of halogens is 1. The molecule has 0 spiro atoms. The molecular formula is C18H19FN4O2. The maximum Gasteiger partial charge on any atom is 0.255 e. The summed E-state index contributed by atoms with van der Waals surface area (Å²) in [6.07, 6.45) is 1.45. The van der Waals surface area contributed by atoms with Crippen LogP contribution in [0.2, 0.25) is 0 Å². The van der Waals surface area contributed by atoms with E-state index in [4.69, 9.17) is 0 Å². The molecule has 0 bridgehead atoms. The van der Waals surface area contributed by atoms with Crippen LogP contribution < -0.4 is 0 Å². The minimum atomic E-state index is -0.389. The van der Waals surface area contributed by atoms with Crippen molar-refractivity contribution in [3.8, 4) is 0 Å². The number of piperazine rings is 1. The highest BCUT2D eigenvalue weighted by Crippen LogP contribution is 2.14.